The Kier molecular flexibility index (Phi) is 5.74. The number of carbonyl (C=O) groups excluding carboxylic acids is 1. The van der Waals surface area contributed by atoms with Gasteiger partial charge in [-0.2, -0.15) is 0 Å². The third-order valence-corrected chi connectivity index (χ3v) is 5.92. The highest BCUT2D eigenvalue weighted by molar-refractivity contribution is 6.31. The van der Waals surface area contributed by atoms with Gasteiger partial charge in [0.2, 0.25) is 12.7 Å². The monoisotopic (exact) mass is 400 g/mol. The maximum absolute atomic E-state index is 12.4. The molecule has 0 spiro atoms. The lowest BCUT2D eigenvalue weighted by molar-refractivity contribution is -0.129. The fraction of sp³-hybridized carbons (Fsp3) is 0.409. The molecular formula is C22H25ClN2O3. The van der Waals surface area contributed by atoms with Crippen molar-refractivity contribution in [1.29, 1.82) is 0 Å². The summed E-state index contributed by atoms with van der Waals surface area (Å²) in [5.74, 6) is 1.70. The molecule has 6 heteroatoms. The lowest BCUT2D eigenvalue weighted by Gasteiger charge is -2.26. The van der Waals surface area contributed by atoms with E-state index in [-0.39, 0.29) is 18.7 Å². The number of ether oxygens (including phenoxy) is 2. The number of hydrogen-bond donors (Lipinski definition) is 1. The van der Waals surface area contributed by atoms with Crippen LogP contribution in [-0.2, 0) is 17.9 Å². The quantitative estimate of drug-likeness (QED) is 0.712. The molecule has 2 aliphatic rings. The molecule has 2 aliphatic heterocycles. The zero-order chi connectivity index (χ0) is 19.5. The average Bonchev–Trinajstić information content (AvgIpc) is 3.27. The highest BCUT2D eigenvalue weighted by Gasteiger charge is 2.30. The Hall–Kier alpha value is -2.24. The van der Waals surface area contributed by atoms with Gasteiger partial charge in [-0.3, -0.25) is 4.79 Å². The number of carbonyl (C=O) groups is 1. The molecule has 0 aliphatic carbocycles. The third kappa shape index (κ3) is 4.10. The van der Waals surface area contributed by atoms with E-state index in [9.17, 15) is 4.79 Å². The van der Waals surface area contributed by atoms with Gasteiger partial charge in [-0.1, -0.05) is 35.9 Å². The van der Waals surface area contributed by atoms with Crippen LogP contribution in [-0.4, -0.2) is 30.2 Å². The zero-order valence-electron chi connectivity index (χ0n) is 16.0. The average molecular weight is 401 g/mol. The van der Waals surface area contributed by atoms with Crippen LogP contribution in [0.4, 0.5) is 0 Å². The Bertz CT molecular complexity index is 871. The molecule has 0 aromatic heterocycles. The van der Waals surface area contributed by atoms with E-state index in [1.807, 2.05) is 23.1 Å². The lowest BCUT2D eigenvalue weighted by atomic mass is 10.1. The molecule has 5 nitrogen and oxygen atoms in total. The number of nitrogens with one attached hydrogen (secondary N) is 1. The van der Waals surface area contributed by atoms with E-state index >= 15 is 0 Å². The van der Waals surface area contributed by atoms with Crippen molar-refractivity contribution >= 4 is 17.5 Å². The predicted octanol–water partition coefficient (Wildman–Crippen LogP) is 4.05. The topological polar surface area (TPSA) is 50.8 Å². The van der Waals surface area contributed by atoms with E-state index in [1.54, 1.807) is 6.07 Å². The molecule has 2 aromatic carbocycles. The van der Waals surface area contributed by atoms with E-state index in [0.29, 0.717) is 30.3 Å². The molecule has 4 rings (SSSR count). The second kappa shape index (κ2) is 8.41. The minimum Gasteiger partial charge on any atom is -0.454 e. The highest BCUT2D eigenvalue weighted by Crippen LogP contribution is 2.36. The SMILES string of the molecule is Cc1ccccc1CN1C(=O)CCC1CCNCc1cc2c(cc1Cl)OCO2. The maximum atomic E-state index is 12.4. The molecule has 2 heterocycles. The number of aryl methyl sites for hydroxylation is 1. The van der Waals surface area contributed by atoms with E-state index < -0.39 is 0 Å². The molecule has 0 bridgehead atoms. The summed E-state index contributed by atoms with van der Waals surface area (Å²) >= 11 is 6.33. The Morgan fingerprint density at radius 2 is 1.96 bits per heavy atom. The van der Waals surface area contributed by atoms with Crippen LogP contribution in [0.25, 0.3) is 0 Å². The number of nitrogens with zero attached hydrogens (tertiary/aromatic N) is 1. The summed E-state index contributed by atoms with van der Waals surface area (Å²) in [6.07, 6.45) is 2.50. The molecule has 0 radical (unpaired) electrons. The van der Waals surface area contributed by atoms with Crippen LogP contribution in [0.3, 0.4) is 0 Å². The molecule has 1 atom stereocenters. The van der Waals surface area contributed by atoms with Gasteiger partial charge >= 0.3 is 0 Å². The summed E-state index contributed by atoms with van der Waals surface area (Å²) in [7, 11) is 0. The van der Waals surface area contributed by atoms with Gasteiger partial charge in [0.15, 0.2) is 11.5 Å². The molecule has 0 saturated carbocycles. The fourth-order valence-electron chi connectivity index (χ4n) is 3.87. The van der Waals surface area contributed by atoms with Gasteiger partial charge in [-0.25, -0.2) is 0 Å². The summed E-state index contributed by atoms with van der Waals surface area (Å²) in [6, 6.07) is 12.3. The van der Waals surface area contributed by atoms with E-state index in [4.69, 9.17) is 21.1 Å². The van der Waals surface area contributed by atoms with Crippen LogP contribution in [0.5, 0.6) is 11.5 Å². The molecule has 28 heavy (non-hydrogen) atoms. The summed E-state index contributed by atoms with van der Waals surface area (Å²) in [5.41, 5.74) is 3.45. The Labute approximate surface area is 170 Å². The van der Waals surface area contributed by atoms with Gasteiger partial charge in [0.05, 0.1) is 0 Å². The number of rotatable bonds is 7. The first kappa shape index (κ1) is 19.1. The number of hydrogen-bond acceptors (Lipinski definition) is 4. The van der Waals surface area contributed by atoms with Gasteiger partial charge in [0.1, 0.15) is 0 Å². The van der Waals surface area contributed by atoms with Crippen molar-refractivity contribution in [3.05, 3.63) is 58.1 Å². The van der Waals surface area contributed by atoms with Crippen LogP contribution >= 0.6 is 11.6 Å². The van der Waals surface area contributed by atoms with Crippen molar-refractivity contribution in [2.24, 2.45) is 0 Å². The highest BCUT2D eigenvalue weighted by atomic mass is 35.5. The first-order valence-corrected chi connectivity index (χ1v) is 10.1. The molecular weight excluding hydrogens is 376 g/mol. The van der Waals surface area contributed by atoms with Gasteiger partial charge < -0.3 is 19.7 Å². The Balaban J connectivity index is 1.31. The normalized spacial score (nSPS) is 18.1. The molecule has 1 fully saturated rings. The van der Waals surface area contributed by atoms with Crippen molar-refractivity contribution < 1.29 is 14.3 Å². The molecule has 2 aromatic rings. The third-order valence-electron chi connectivity index (χ3n) is 5.57. The van der Waals surface area contributed by atoms with Crippen LogP contribution in [0, 0.1) is 6.92 Å². The molecule has 1 unspecified atom stereocenters. The largest absolute Gasteiger partial charge is 0.454 e. The Morgan fingerprint density at radius 1 is 1.18 bits per heavy atom. The summed E-state index contributed by atoms with van der Waals surface area (Å²) in [6.45, 7) is 4.53. The van der Waals surface area contributed by atoms with E-state index in [0.717, 1.165) is 30.7 Å². The lowest BCUT2D eigenvalue weighted by Crippen LogP contribution is -2.34. The first-order chi connectivity index (χ1) is 13.6. The second-order valence-corrected chi connectivity index (χ2v) is 7.81. The smallest absolute Gasteiger partial charge is 0.231 e. The van der Waals surface area contributed by atoms with Gasteiger partial charge in [-0.15, -0.1) is 0 Å². The number of fused-ring (bicyclic) bond motifs is 1. The Morgan fingerprint density at radius 3 is 2.79 bits per heavy atom. The van der Waals surface area contributed by atoms with Gasteiger partial charge in [0, 0.05) is 36.6 Å². The summed E-state index contributed by atoms with van der Waals surface area (Å²) in [5, 5.41) is 4.13. The van der Waals surface area contributed by atoms with Crippen molar-refractivity contribution in [3.8, 4) is 11.5 Å². The van der Waals surface area contributed by atoms with E-state index in [1.165, 1.54) is 11.1 Å². The van der Waals surface area contributed by atoms with Crippen LogP contribution < -0.4 is 14.8 Å². The molecule has 148 valence electrons. The minimum absolute atomic E-state index is 0.245. The van der Waals surface area contributed by atoms with E-state index in [2.05, 4.69) is 24.4 Å². The summed E-state index contributed by atoms with van der Waals surface area (Å²) in [4.78, 5) is 14.4. The number of halogens is 1. The zero-order valence-corrected chi connectivity index (χ0v) is 16.8. The number of likely N-dealkylation sites (tertiary alicyclic amines) is 1. The maximum Gasteiger partial charge on any atom is 0.231 e. The number of amides is 1. The summed E-state index contributed by atoms with van der Waals surface area (Å²) < 4.78 is 10.8. The van der Waals surface area contributed by atoms with Gasteiger partial charge in [-0.05, 0) is 49.1 Å². The van der Waals surface area contributed by atoms with Crippen molar-refractivity contribution in [2.75, 3.05) is 13.3 Å². The predicted molar refractivity (Wildman–Crippen MR) is 109 cm³/mol. The first-order valence-electron chi connectivity index (χ1n) is 9.74. The van der Waals surface area contributed by atoms with Crippen LogP contribution in [0.2, 0.25) is 5.02 Å². The second-order valence-electron chi connectivity index (χ2n) is 7.40. The standard InChI is InChI=1S/C22H25ClN2O3/c1-15-4-2-3-5-16(15)13-25-18(6-7-22(25)26)8-9-24-12-17-10-20-21(11-19(17)23)28-14-27-20/h2-5,10-11,18,24H,6-9,12-14H2,1H3. The molecule has 1 saturated heterocycles. The van der Waals surface area contributed by atoms with Crippen LogP contribution in [0.1, 0.15) is 36.0 Å². The van der Waals surface area contributed by atoms with Crippen molar-refractivity contribution in [1.82, 2.24) is 10.2 Å². The van der Waals surface area contributed by atoms with Crippen molar-refractivity contribution in [3.63, 3.8) is 0 Å². The van der Waals surface area contributed by atoms with Gasteiger partial charge in [0.25, 0.3) is 0 Å². The van der Waals surface area contributed by atoms with Crippen molar-refractivity contribution in [2.45, 2.75) is 45.3 Å². The van der Waals surface area contributed by atoms with Crippen LogP contribution in [0.15, 0.2) is 36.4 Å². The number of benzene rings is 2. The fourth-order valence-corrected chi connectivity index (χ4v) is 4.09. The minimum atomic E-state index is 0.245. The molecule has 1 N–H and O–H groups in total. The molecule has 1 amide bonds.